The maximum Gasteiger partial charge on any atom is 0.250 e. The predicted octanol–water partition coefficient (Wildman–Crippen LogP) is 1.64. The van der Waals surface area contributed by atoms with Crippen LogP contribution in [0, 0.1) is 17.8 Å². The summed E-state index contributed by atoms with van der Waals surface area (Å²) in [5.41, 5.74) is 0.285. The summed E-state index contributed by atoms with van der Waals surface area (Å²) in [5.74, 6) is -1.65. The minimum atomic E-state index is -1.18. The number of nitrogens with zero attached hydrogens (tertiary/aromatic N) is 1. The van der Waals surface area contributed by atoms with Crippen LogP contribution in [0.4, 0.5) is 5.69 Å². The number of hydrogen-bond acceptors (Lipinski definition) is 4. The number of para-hydroxylation sites is 1. The number of hydrogen-bond donors (Lipinski definition) is 2. The zero-order chi connectivity index (χ0) is 18.6. The third kappa shape index (κ3) is 2.05. The Morgan fingerprint density at radius 1 is 1.23 bits per heavy atom. The lowest BCUT2D eigenvalue weighted by Crippen LogP contribution is -2.53. The van der Waals surface area contributed by atoms with Crippen LogP contribution in [0.5, 0.6) is 0 Å². The highest BCUT2D eigenvalue weighted by Gasteiger charge is 2.70. The van der Waals surface area contributed by atoms with Gasteiger partial charge >= 0.3 is 0 Å². The Labute approximate surface area is 152 Å². The van der Waals surface area contributed by atoms with E-state index in [2.05, 4.69) is 31.1 Å². The maximum absolute atomic E-state index is 13.2. The van der Waals surface area contributed by atoms with E-state index in [0.717, 1.165) is 12.0 Å². The minimum Gasteiger partial charge on any atom is -0.324 e. The molecule has 4 atom stereocenters. The summed E-state index contributed by atoms with van der Waals surface area (Å²) in [6.07, 6.45) is 2.27. The summed E-state index contributed by atoms with van der Waals surface area (Å²) in [7, 11) is 0. The summed E-state index contributed by atoms with van der Waals surface area (Å²) < 4.78 is 0. The third-order valence-corrected chi connectivity index (χ3v) is 5.75. The van der Waals surface area contributed by atoms with Gasteiger partial charge in [0.25, 0.3) is 0 Å². The molecule has 2 N–H and O–H groups in total. The van der Waals surface area contributed by atoms with Crippen LogP contribution >= 0.6 is 0 Å². The van der Waals surface area contributed by atoms with Gasteiger partial charge in [-0.2, -0.15) is 0 Å². The molecule has 0 unspecified atom stereocenters. The molecule has 3 aliphatic heterocycles. The highest BCUT2D eigenvalue weighted by atomic mass is 16.2. The molecule has 1 aromatic carbocycles. The van der Waals surface area contributed by atoms with Gasteiger partial charge in [0.2, 0.25) is 17.7 Å². The molecule has 0 saturated carbocycles. The number of nitrogens with one attached hydrogen (secondary N) is 2. The summed E-state index contributed by atoms with van der Waals surface area (Å²) in [6, 6.07) is 7.18. The topological polar surface area (TPSA) is 78.5 Å². The van der Waals surface area contributed by atoms with Crippen LogP contribution in [0.2, 0.25) is 0 Å². The van der Waals surface area contributed by atoms with Crippen molar-refractivity contribution < 1.29 is 14.4 Å². The van der Waals surface area contributed by atoms with Crippen LogP contribution < -0.4 is 10.6 Å². The van der Waals surface area contributed by atoms with Gasteiger partial charge in [-0.1, -0.05) is 38.1 Å². The van der Waals surface area contributed by atoms with Crippen LogP contribution in [-0.4, -0.2) is 35.2 Å². The molecule has 1 spiro atoms. The molecule has 3 amide bonds. The molecule has 0 aliphatic carbocycles. The van der Waals surface area contributed by atoms with E-state index < -0.39 is 17.4 Å². The van der Waals surface area contributed by atoms with E-state index in [1.165, 1.54) is 4.90 Å². The highest BCUT2D eigenvalue weighted by molar-refractivity contribution is 6.15. The molecule has 3 heterocycles. The van der Waals surface area contributed by atoms with Crippen molar-refractivity contribution in [2.24, 2.45) is 17.8 Å². The smallest absolute Gasteiger partial charge is 0.250 e. The Bertz CT molecular complexity index is 818. The molecule has 6 nitrogen and oxygen atoms in total. The largest absolute Gasteiger partial charge is 0.324 e. The van der Waals surface area contributed by atoms with Crippen molar-refractivity contribution in [1.29, 1.82) is 0 Å². The average Bonchev–Trinajstić information content (AvgIpc) is 3.15. The summed E-state index contributed by atoms with van der Waals surface area (Å²) in [4.78, 5) is 40.5. The zero-order valence-electron chi connectivity index (χ0n) is 15.0. The Kier molecular flexibility index (Phi) is 3.77. The number of carbonyl (C=O) groups is 3. The van der Waals surface area contributed by atoms with Gasteiger partial charge in [0.15, 0.2) is 0 Å². The summed E-state index contributed by atoms with van der Waals surface area (Å²) in [6.45, 7) is 7.99. The predicted molar refractivity (Wildman–Crippen MR) is 97.0 cm³/mol. The molecule has 1 aromatic rings. The Morgan fingerprint density at radius 3 is 2.65 bits per heavy atom. The second-order valence-electron chi connectivity index (χ2n) is 7.77. The molecular formula is C20H23N3O3. The van der Waals surface area contributed by atoms with Gasteiger partial charge in [-0.05, 0) is 18.4 Å². The number of carbonyl (C=O) groups excluding carboxylic acids is 3. The van der Waals surface area contributed by atoms with Gasteiger partial charge in [0, 0.05) is 23.8 Å². The quantitative estimate of drug-likeness (QED) is 0.637. The lowest BCUT2D eigenvalue weighted by Gasteiger charge is -2.29. The Hall–Kier alpha value is -2.47. The number of likely N-dealkylation sites (tertiary alicyclic amines) is 1. The molecular weight excluding hydrogens is 330 g/mol. The molecule has 4 rings (SSSR count). The monoisotopic (exact) mass is 353 g/mol. The van der Waals surface area contributed by atoms with E-state index in [-0.39, 0.29) is 30.3 Å². The van der Waals surface area contributed by atoms with Crippen molar-refractivity contribution in [3.8, 4) is 0 Å². The number of fused-ring (bicyclic) bond motifs is 4. The fourth-order valence-corrected chi connectivity index (χ4v) is 4.84. The average molecular weight is 353 g/mol. The summed E-state index contributed by atoms with van der Waals surface area (Å²) >= 11 is 0. The Morgan fingerprint density at radius 2 is 1.96 bits per heavy atom. The number of rotatable bonds is 4. The molecule has 3 aliphatic rings. The van der Waals surface area contributed by atoms with Crippen molar-refractivity contribution in [2.75, 3.05) is 11.9 Å². The second kappa shape index (κ2) is 5.77. The van der Waals surface area contributed by atoms with Crippen LogP contribution in [0.15, 0.2) is 36.9 Å². The molecule has 0 aromatic heterocycles. The molecule has 26 heavy (non-hydrogen) atoms. The second-order valence-corrected chi connectivity index (χ2v) is 7.77. The third-order valence-electron chi connectivity index (χ3n) is 5.75. The van der Waals surface area contributed by atoms with E-state index >= 15 is 0 Å². The van der Waals surface area contributed by atoms with Gasteiger partial charge in [0.05, 0.1) is 11.8 Å². The minimum absolute atomic E-state index is 0.179. The SMILES string of the molecule is C=CCN1C(=O)[C@H]2[C@@H](C1=O)[C@]1(N[C@@H]2CC(C)C)C(=O)Nc2ccccc21. The van der Waals surface area contributed by atoms with E-state index in [0.29, 0.717) is 11.6 Å². The fourth-order valence-electron chi connectivity index (χ4n) is 4.84. The van der Waals surface area contributed by atoms with Gasteiger partial charge < -0.3 is 5.32 Å². The first-order valence-electron chi connectivity index (χ1n) is 9.06. The van der Waals surface area contributed by atoms with Crippen LogP contribution in [0.3, 0.4) is 0 Å². The molecule has 6 heteroatoms. The number of anilines is 1. The van der Waals surface area contributed by atoms with Crippen molar-refractivity contribution in [2.45, 2.75) is 31.8 Å². The zero-order valence-corrected chi connectivity index (χ0v) is 15.0. The standard InChI is InChI=1S/C20H23N3O3/c1-4-9-23-17(24)15-14(10-11(2)3)22-20(16(15)18(23)25)12-7-5-6-8-13(12)21-19(20)26/h4-8,11,14-16,22H,1,9-10H2,2-3H3,(H,21,26)/t14-,15-,16+,20+/m1/s1. The number of benzene rings is 1. The first-order valence-corrected chi connectivity index (χ1v) is 9.06. The first-order chi connectivity index (χ1) is 12.4. The molecule has 136 valence electrons. The van der Waals surface area contributed by atoms with E-state index in [1.54, 1.807) is 6.08 Å². The number of amides is 3. The number of imide groups is 1. The molecule has 0 bridgehead atoms. The van der Waals surface area contributed by atoms with Gasteiger partial charge in [-0.15, -0.1) is 6.58 Å². The molecule has 2 saturated heterocycles. The van der Waals surface area contributed by atoms with Crippen LogP contribution in [-0.2, 0) is 19.9 Å². The van der Waals surface area contributed by atoms with Crippen molar-refractivity contribution in [3.05, 3.63) is 42.5 Å². The van der Waals surface area contributed by atoms with Crippen molar-refractivity contribution >= 4 is 23.4 Å². The lowest BCUT2D eigenvalue weighted by atomic mass is 9.76. The Balaban J connectivity index is 1.87. The van der Waals surface area contributed by atoms with E-state index in [9.17, 15) is 14.4 Å². The van der Waals surface area contributed by atoms with Gasteiger partial charge in [0.1, 0.15) is 5.54 Å². The van der Waals surface area contributed by atoms with Crippen LogP contribution in [0.1, 0.15) is 25.8 Å². The lowest BCUT2D eigenvalue weighted by molar-refractivity contribution is -0.142. The van der Waals surface area contributed by atoms with E-state index in [4.69, 9.17) is 0 Å². The normalized spacial score (nSPS) is 32.3. The van der Waals surface area contributed by atoms with Crippen LogP contribution in [0.25, 0.3) is 0 Å². The molecule has 0 radical (unpaired) electrons. The van der Waals surface area contributed by atoms with E-state index in [1.807, 2.05) is 24.3 Å². The van der Waals surface area contributed by atoms with Gasteiger partial charge in [-0.25, -0.2) is 0 Å². The highest BCUT2D eigenvalue weighted by Crippen LogP contribution is 2.53. The fraction of sp³-hybridized carbons (Fsp3) is 0.450. The van der Waals surface area contributed by atoms with Crippen molar-refractivity contribution in [1.82, 2.24) is 10.2 Å². The first kappa shape index (κ1) is 17.0. The van der Waals surface area contributed by atoms with Gasteiger partial charge in [-0.3, -0.25) is 24.6 Å². The molecule has 2 fully saturated rings. The van der Waals surface area contributed by atoms with Crippen molar-refractivity contribution in [3.63, 3.8) is 0 Å². The summed E-state index contributed by atoms with van der Waals surface area (Å²) in [5, 5.41) is 6.32. The maximum atomic E-state index is 13.2.